The van der Waals surface area contributed by atoms with Crippen LogP contribution in [0.2, 0.25) is 0 Å². The quantitative estimate of drug-likeness (QED) is 0.326. The third kappa shape index (κ3) is 7.39. The molecule has 5 rings (SSSR count). The van der Waals surface area contributed by atoms with Gasteiger partial charge in [0.2, 0.25) is 0 Å². The number of carbonyl (C=O) groups excluding carboxylic acids is 2. The second kappa shape index (κ2) is 12.7. The van der Waals surface area contributed by atoms with Gasteiger partial charge in [0.1, 0.15) is 0 Å². The number of rotatable bonds is 4. The van der Waals surface area contributed by atoms with Gasteiger partial charge in [-0.05, 0) is 69.3 Å². The zero-order valence-electron chi connectivity index (χ0n) is 23.1. The van der Waals surface area contributed by atoms with Gasteiger partial charge in [-0.15, -0.1) is 11.3 Å². The van der Waals surface area contributed by atoms with Crippen molar-refractivity contribution in [2.45, 2.75) is 46.0 Å². The van der Waals surface area contributed by atoms with Crippen LogP contribution < -0.4 is 11.1 Å². The summed E-state index contributed by atoms with van der Waals surface area (Å²) in [6.45, 7) is 8.13. The molecule has 2 aromatic heterocycles. The highest BCUT2D eigenvalue weighted by atomic mass is 32.1. The number of nitrogens with one attached hydrogen (secondary N) is 2. The van der Waals surface area contributed by atoms with Gasteiger partial charge in [-0.2, -0.15) is 0 Å². The molecule has 2 fully saturated rings. The molecule has 39 heavy (non-hydrogen) atoms. The third-order valence-corrected chi connectivity index (χ3v) is 8.71. The van der Waals surface area contributed by atoms with E-state index in [0.717, 1.165) is 31.0 Å². The van der Waals surface area contributed by atoms with E-state index in [-0.39, 0.29) is 11.4 Å². The lowest BCUT2D eigenvalue weighted by atomic mass is 9.78. The van der Waals surface area contributed by atoms with Crippen LogP contribution in [0.3, 0.4) is 0 Å². The lowest BCUT2D eigenvalue weighted by Gasteiger charge is -2.37. The number of para-hydroxylation sites is 1. The largest absolute Gasteiger partial charge is 0.396 e. The fourth-order valence-corrected chi connectivity index (χ4v) is 6.27. The smallest absolute Gasteiger partial charge is 0.314 e. The van der Waals surface area contributed by atoms with Gasteiger partial charge < -0.3 is 26.3 Å². The highest BCUT2D eigenvalue weighted by Gasteiger charge is 2.30. The van der Waals surface area contributed by atoms with Gasteiger partial charge in [0, 0.05) is 37.5 Å². The van der Waals surface area contributed by atoms with Crippen LogP contribution in [0.5, 0.6) is 0 Å². The Balaban J connectivity index is 0.000000183. The van der Waals surface area contributed by atoms with Gasteiger partial charge in [0.15, 0.2) is 0 Å². The molecular weight excluding hydrogens is 510 g/mol. The maximum absolute atomic E-state index is 12.1. The summed E-state index contributed by atoms with van der Waals surface area (Å²) in [6, 6.07) is 8.46. The molecule has 1 aromatic carbocycles. The van der Waals surface area contributed by atoms with Crippen molar-refractivity contribution < 1.29 is 9.59 Å². The molecule has 2 aliphatic heterocycles. The predicted octanol–water partition coefficient (Wildman–Crippen LogP) is 4.43. The van der Waals surface area contributed by atoms with Crippen molar-refractivity contribution in [2.75, 3.05) is 44.3 Å². The van der Waals surface area contributed by atoms with Gasteiger partial charge in [0.25, 0.3) is 0 Å². The van der Waals surface area contributed by atoms with Crippen LogP contribution in [0.1, 0.15) is 50.1 Å². The maximum Gasteiger partial charge on any atom is 0.314 e. The fourth-order valence-electron chi connectivity index (χ4n) is 5.09. The highest BCUT2D eigenvalue weighted by molar-refractivity contribution is 7.18. The number of anilines is 2. The fraction of sp³-hybridized carbons (Fsp3) is 0.483. The Morgan fingerprint density at radius 1 is 1.23 bits per heavy atom. The second-order valence-corrected chi connectivity index (χ2v) is 12.3. The summed E-state index contributed by atoms with van der Waals surface area (Å²) in [5.41, 5.74) is 8.29. The van der Waals surface area contributed by atoms with E-state index in [1.807, 2.05) is 11.3 Å². The number of likely N-dealkylation sites (tertiary alicyclic amines) is 2. The van der Waals surface area contributed by atoms with Crippen molar-refractivity contribution in [1.29, 1.82) is 5.41 Å². The minimum Gasteiger partial charge on any atom is -0.396 e. The number of thiazole rings is 1. The second-order valence-electron chi connectivity index (χ2n) is 11.2. The molecule has 4 N–H and O–H groups in total. The Kier molecular flexibility index (Phi) is 9.29. The van der Waals surface area contributed by atoms with Crippen LogP contribution in [0.4, 0.5) is 11.4 Å². The van der Waals surface area contributed by atoms with Gasteiger partial charge >= 0.3 is 11.8 Å². The normalized spacial score (nSPS) is 19.2. The number of nitrogens with two attached hydrogens (primary N) is 1. The molecule has 0 radical (unpaired) electrons. The molecule has 0 bridgehead atoms. The minimum absolute atomic E-state index is 0.230. The summed E-state index contributed by atoms with van der Waals surface area (Å²) >= 11 is 1.87. The van der Waals surface area contributed by atoms with Crippen LogP contribution in [-0.2, 0) is 16.0 Å². The van der Waals surface area contributed by atoms with E-state index >= 15 is 0 Å². The number of benzene rings is 1. The lowest BCUT2D eigenvalue weighted by Crippen LogP contribution is -2.44. The van der Waals surface area contributed by atoms with E-state index in [1.54, 1.807) is 4.90 Å². The maximum atomic E-state index is 12.1. The number of piperidine rings is 2. The number of aromatic nitrogens is 2. The number of pyridine rings is 1. The van der Waals surface area contributed by atoms with E-state index in [0.29, 0.717) is 30.0 Å². The van der Waals surface area contributed by atoms with Crippen molar-refractivity contribution in [1.82, 2.24) is 19.8 Å². The molecule has 2 aliphatic rings. The molecular formula is C29H39N7O2S. The molecule has 1 unspecified atom stereocenters. The lowest BCUT2D eigenvalue weighted by molar-refractivity contribution is -0.144. The van der Waals surface area contributed by atoms with Crippen molar-refractivity contribution >= 4 is 51.0 Å². The molecule has 1 atom stereocenters. The van der Waals surface area contributed by atoms with E-state index in [2.05, 4.69) is 60.4 Å². The summed E-state index contributed by atoms with van der Waals surface area (Å²) in [7, 11) is 2.22. The molecule has 9 nitrogen and oxygen atoms in total. The molecule has 0 spiro atoms. The summed E-state index contributed by atoms with van der Waals surface area (Å²) in [6.07, 6.45) is 9.54. The Hall–Kier alpha value is -3.37. The van der Waals surface area contributed by atoms with Crippen molar-refractivity contribution in [3.63, 3.8) is 0 Å². The Bertz CT molecular complexity index is 1280. The average Bonchev–Trinajstić information content (AvgIpc) is 3.33. The van der Waals surface area contributed by atoms with Crippen LogP contribution >= 0.6 is 11.3 Å². The van der Waals surface area contributed by atoms with E-state index in [1.165, 1.54) is 48.0 Å². The predicted molar refractivity (Wildman–Crippen MR) is 158 cm³/mol. The number of nitrogen functional groups attached to an aromatic ring is 1. The Morgan fingerprint density at radius 3 is 2.67 bits per heavy atom. The summed E-state index contributed by atoms with van der Waals surface area (Å²) in [5, 5.41) is 11.0. The van der Waals surface area contributed by atoms with Gasteiger partial charge in [-0.3, -0.25) is 14.6 Å². The number of hydrogen-bond acceptors (Lipinski definition) is 8. The van der Waals surface area contributed by atoms with Gasteiger partial charge in [0.05, 0.1) is 32.8 Å². The minimum atomic E-state index is -0.722. The first kappa shape index (κ1) is 28.6. The number of carbonyl (C=O) groups is 2. The van der Waals surface area contributed by atoms with E-state index in [4.69, 9.17) is 16.1 Å². The van der Waals surface area contributed by atoms with Crippen LogP contribution in [0.25, 0.3) is 10.2 Å². The molecule has 3 aromatic rings. The number of fused-ring (bicyclic) bond motifs is 1. The number of nitrogens with zero attached hydrogens (tertiary/aromatic N) is 4. The first-order valence-electron chi connectivity index (χ1n) is 13.5. The van der Waals surface area contributed by atoms with Crippen molar-refractivity contribution in [3.05, 3.63) is 47.2 Å². The molecule has 10 heteroatoms. The Morgan fingerprint density at radius 2 is 1.97 bits per heavy atom. The SMILES string of the molecule is CC1CCCN(C(=O)C(=O)Nc2cncc(C=N)c2N)C1.CN1CCC(C)(Cc2nc3ccccc3s2)CC1. The summed E-state index contributed by atoms with van der Waals surface area (Å²) in [4.78, 5) is 36.8. The molecule has 2 saturated heterocycles. The number of amides is 2. The van der Waals surface area contributed by atoms with E-state index < -0.39 is 11.8 Å². The molecule has 4 heterocycles. The molecule has 0 saturated carbocycles. The van der Waals surface area contributed by atoms with Crippen LogP contribution in [0.15, 0.2) is 36.7 Å². The van der Waals surface area contributed by atoms with Crippen molar-refractivity contribution in [2.24, 2.45) is 11.3 Å². The molecule has 2 amide bonds. The highest BCUT2D eigenvalue weighted by Crippen LogP contribution is 2.36. The molecule has 208 valence electrons. The van der Waals surface area contributed by atoms with Crippen molar-refractivity contribution in [3.8, 4) is 0 Å². The molecule has 0 aliphatic carbocycles. The number of hydrogen-bond donors (Lipinski definition) is 3. The van der Waals surface area contributed by atoms with Crippen LogP contribution in [0, 0.1) is 16.7 Å². The summed E-state index contributed by atoms with van der Waals surface area (Å²) in [5.74, 6) is -0.871. The van der Waals surface area contributed by atoms with E-state index in [9.17, 15) is 9.59 Å². The van der Waals surface area contributed by atoms with Crippen LogP contribution in [-0.4, -0.2) is 71.0 Å². The Labute approximate surface area is 234 Å². The summed E-state index contributed by atoms with van der Waals surface area (Å²) < 4.78 is 1.32. The van der Waals surface area contributed by atoms with Gasteiger partial charge in [-0.25, -0.2) is 4.98 Å². The first-order valence-corrected chi connectivity index (χ1v) is 14.4. The zero-order chi connectivity index (χ0) is 28.0. The standard InChI is InChI=1S/C15H20N2S.C14H19N5O2/c1-15(7-9-17(2)10-8-15)11-14-16-12-5-3-4-6-13(12)18-14;1-9-3-2-4-19(8-9)14(21)13(20)18-11-7-17-6-10(5-15)12(11)16/h3-6H,7-11H2,1-2H3;5-7,9,15H,2-4,8H2,1H3,(H2,16,17)(H,18,20). The zero-order valence-corrected chi connectivity index (χ0v) is 23.9. The topological polar surface area (TPSA) is 128 Å². The average molecular weight is 550 g/mol. The third-order valence-electron chi connectivity index (χ3n) is 7.67. The first-order chi connectivity index (χ1) is 18.7. The monoisotopic (exact) mass is 549 g/mol. The van der Waals surface area contributed by atoms with Gasteiger partial charge in [-0.1, -0.05) is 26.0 Å².